The standard InChI is InChI=1S/C20H33N5O2/c1-15(17-4-3-7-21-12-17)10-19(26)25-8-5-16(6-9-25)11-22-20(27)18-13-23-24(2)14-18/h13-17,21H,3-12H2,1-2H3,(H,22,27). The molecule has 2 unspecified atom stereocenters. The Hall–Kier alpha value is -1.89. The van der Waals surface area contributed by atoms with Crippen LogP contribution in [0.15, 0.2) is 12.4 Å². The Kier molecular flexibility index (Phi) is 6.88. The van der Waals surface area contributed by atoms with Gasteiger partial charge in [0.1, 0.15) is 0 Å². The Balaban J connectivity index is 1.36. The van der Waals surface area contributed by atoms with Crippen molar-refractivity contribution in [3.05, 3.63) is 18.0 Å². The van der Waals surface area contributed by atoms with E-state index in [1.165, 1.54) is 12.8 Å². The first-order chi connectivity index (χ1) is 13.0. The van der Waals surface area contributed by atoms with Gasteiger partial charge in [0, 0.05) is 39.3 Å². The molecule has 7 nitrogen and oxygen atoms in total. The second kappa shape index (κ2) is 9.35. The predicted octanol–water partition coefficient (Wildman–Crippen LogP) is 1.41. The number of likely N-dealkylation sites (tertiary alicyclic amines) is 1. The summed E-state index contributed by atoms with van der Waals surface area (Å²) in [6.07, 6.45) is 8.34. The molecular formula is C20H33N5O2. The zero-order valence-electron chi connectivity index (χ0n) is 16.6. The largest absolute Gasteiger partial charge is 0.352 e. The van der Waals surface area contributed by atoms with Gasteiger partial charge in [-0.3, -0.25) is 14.3 Å². The van der Waals surface area contributed by atoms with Crippen LogP contribution in [0.1, 0.15) is 49.4 Å². The fourth-order valence-corrected chi connectivity index (χ4v) is 4.20. The lowest BCUT2D eigenvalue weighted by atomic mass is 9.85. The summed E-state index contributed by atoms with van der Waals surface area (Å²) in [6, 6.07) is 0. The predicted molar refractivity (Wildman–Crippen MR) is 104 cm³/mol. The molecule has 2 N–H and O–H groups in total. The van der Waals surface area contributed by atoms with Crippen LogP contribution in [0.4, 0.5) is 0 Å². The van der Waals surface area contributed by atoms with Crippen molar-refractivity contribution in [3.63, 3.8) is 0 Å². The molecule has 0 radical (unpaired) electrons. The zero-order chi connectivity index (χ0) is 19.2. The number of rotatable bonds is 6. The van der Waals surface area contributed by atoms with Crippen molar-refractivity contribution in [2.24, 2.45) is 24.8 Å². The van der Waals surface area contributed by atoms with Gasteiger partial charge in [0.15, 0.2) is 0 Å². The van der Waals surface area contributed by atoms with E-state index < -0.39 is 0 Å². The second-order valence-electron chi connectivity index (χ2n) is 8.22. The van der Waals surface area contributed by atoms with Gasteiger partial charge in [-0.05, 0) is 56.5 Å². The van der Waals surface area contributed by atoms with Crippen molar-refractivity contribution >= 4 is 11.8 Å². The number of amides is 2. The van der Waals surface area contributed by atoms with Crippen LogP contribution in [0.5, 0.6) is 0 Å². The van der Waals surface area contributed by atoms with Crippen molar-refractivity contribution in [1.82, 2.24) is 25.3 Å². The highest BCUT2D eigenvalue weighted by molar-refractivity contribution is 5.93. The molecule has 7 heteroatoms. The molecule has 2 aliphatic heterocycles. The van der Waals surface area contributed by atoms with E-state index in [-0.39, 0.29) is 5.91 Å². The molecular weight excluding hydrogens is 342 g/mol. The van der Waals surface area contributed by atoms with E-state index in [4.69, 9.17) is 0 Å². The molecule has 2 atom stereocenters. The van der Waals surface area contributed by atoms with Gasteiger partial charge in [0.05, 0.1) is 11.8 Å². The number of nitrogens with zero attached hydrogens (tertiary/aromatic N) is 3. The smallest absolute Gasteiger partial charge is 0.254 e. The maximum atomic E-state index is 12.6. The van der Waals surface area contributed by atoms with Gasteiger partial charge in [-0.1, -0.05) is 6.92 Å². The van der Waals surface area contributed by atoms with Crippen LogP contribution in [-0.2, 0) is 11.8 Å². The maximum absolute atomic E-state index is 12.6. The SMILES string of the molecule is CC(CC(=O)N1CCC(CNC(=O)c2cnn(C)c2)CC1)C1CCCNC1. The molecule has 150 valence electrons. The molecule has 2 amide bonds. The van der Waals surface area contributed by atoms with Crippen molar-refractivity contribution in [3.8, 4) is 0 Å². The molecule has 27 heavy (non-hydrogen) atoms. The Morgan fingerprint density at radius 1 is 1.33 bits per heavy atom. The van der Waals surface area contributed by atoms with E-state index in [0.29, 0.717) is 42.2 Å². The first-order valence-electron chi connectivity index (χ1n) is 10.3. The first-order valence-corrected chi connectivity index (χ1v) is 10.3. The summed E-state index contributed by atoms with van der Waals surface area (Å²) in [4.78, 5) is 26.8. The van der Waals surface area contributed by atoms with Gasteiger partial charge in [-0.15, -0.1) is 0 Å². The minimum atomic E-state index is -0.0727. The number of carbonyl (C=O) groups excluding carboxylic acids is 2. The third-order valence-corrected chi connectivity index (χ3v) is 6.12. The molecule has 0 spiro atoms. The molecule has 3 rings (SSSR count). The molecule has 0 aliphatic carbocycles. The number of aromatic nitrogens is 2. The van der Waals surface area contributed by atoms with Crippen LogP contribution in [0, 0.1) is 17.8 Å². The molecule has 0 saturated carbocycles. The van der Waals surface area contributed by atoms with Crippen LogP contribution >= 0.6 is 0 Å². The summed E-state index contributed by atoms with van der Waals surface area (Å²) in [5.74, 6) is 1.74. The summed E-state index contributed by atoms with van der Waals surface area (Å²) in [5.41, 5.74) is 0.594. The minimum absolute atomic E-state index is 0.0727. The van der Waals surface area contributed by atoms with Crippen LogP contribution in [-0.4, -0.2) is 59.2 Å². The molecule has 1 aromatic heterocycles. The summed E-state index contributed by atoms with van der Waals surface area (Å²) in [7, 11) is 1.80. The van der Waals surface area contributed by atoms with E-state index in [9.17, 15) is 9.59 Å². The topological polar surface area (TPSA) is 79.3 Å². The van der Waals surface area contributed by atoms with Crippen LogP contribution in [0.3, 0.4) is 0 Å². The number of piperidine rings is 2. The molecule has 2 fully saturated rings. The van der Waals surface area contributed by atoms with Crippen molar-refractivity contribution in [2.75, 3.05) is 32.7 Å². The average molecular weight is 376 g/mol. The van der Waals surface area contributed by atoms with E-state index in [1.807, 2.05) is 4.90 Å². The van der Waals surface area contributed by atoms with Gasteiger partial charge in [-0.2, -0.15) is 5.10 Å². The Morgan fingerprint density at radius 3 is 2.74 bits per heavy atom. The maximum Gasteiger partial charge on any atom is 0.254 e. The van der Waals surface area contributed by atoms with Gasteiger partial charge in [-0.25, -0.2) is 0 Å². The highest BCUT2D eigenvalue weighted by atomic mass is 16.2. The van der Waals surface area contributed by atoms with Gasteiger partial charge < -0.3 is 15.5 Å². The average Bonchev–Trinajstić information content (AvgIpc) is 3.13. The number of aryl methyl sites for hydroxylation is 1. The molecule has 2 aliphatic rings. The first kappa shape index (κ1) is 19.9. The third-order valence-electron chi connectivity index (χ3n) is 6.12. The highest BCUT2D eigenvalue weighted by Gasteiger charge is 2.27. The Bertz CT molecular complexity index is 630. The van der Waals surface area contributed by atoms with Crippen LogP contribution in [0.25, 0.3) is 0 Å². The molecule has 3 heterocycles. The quantitative estimate of drug-likeness (QED) is 0.788. The zero-order valence-corrected chi connectivity index (χ0v) is 16.6. The van der Waals surface area contributed by atoms with Crippen molar-refractivity contribution in [1.29, 1.82) is 0 Å². The van der Waals surface area contributed by atoms with Crippen LogP contribution in [0.2, 0.25) is 0 Å². The highest BCUT2D eigenvalue weighted by Crippen LogP contribution is 2.24. The number of hydrogen-bond acceptors (Lipinski definition) is 4. The van der Waals surface area contributed by atoms with Gasteiger partial charge in [0.2, 0.25) is 5.91 Å². The number of carbonyl (C=O) groups is 2. The van der Waals surface area contributed by atoms with Crippen LogP contribution < -0.4 is 10.6 Å². The monoisotopic (exact) mass is 375 g/mol. The van der Waals surface area contributed by atoms with E-state index in [0.717, 1.165) is 39.0 Å². The molecule has 0 aromatic carbocycles. The third kappa shape index (κ3) is 5.54. The number of hydrogen-bond donors (Lipinski definition) is 2. The fraction of sp³-hybridized carbons (Fsp3) is 0.750. The summed E-state index contributed by atoms with van der Waals surface area (Å²) in [6.45, 7) is 6.66. The number of nitrogens with one attached hydrogen (secondary N) is 2. The minimum Gasteiger partial charge on any atom is -0.352 e. The summed E-state index contributed by atoms with van der Waals surface area (Å²) >= 11 is 0. The molecule has 1 aromatic rings. The molecule has 2 saturated heterocycles. The lowest BCUT2D eigenvalue weighted by Gasteiger charge is -2.34. The van der Waals surface area contributed by atoms with Crippen molar-refractivity contribution in [2.45, 2.75) is 39.0 Å². The Morgan fingerprint density at radius 2 is 2.11 bits per heavy atom. The lowest BCUT2D eigenvalue weighted by Crippen LogP contribution is -2.43. The summed E-state index contributed by atoms with van der Waals surface area (Å²) in [5, 5.41) is 10.5. The normalized spacial score (nSPS) is 22.4. The lowest BCUT2D eigenvalue weighted by molar-refractivity contribution is -0.133. The van der Waals surface area contributed by atoms with Gasteiger partial charge in [0.25, 0.3) is 5.91 Å². The van der Waals surface area contributed by atoms with E-state index in [2.05, 4.69) is 22.7 Å². The Labute approximate surface area is 161 Å². The molecule has 0 bridgehead atoms. The van der Waals surface area contributed by atoms with E-state index in [1.54, 1.807) is 24.1 Å². The van der Waals surface area contributed by atoms with E-state index >= 15 is 0 Å². The fourth-order valence-electron chi connectivity index (χ4n) is 4.20. The summed E-state index contributed by atoms with van der Waals surface area (Å²) < 4.78 is 1.63. The van der Waals surface area contributed by atoms with Gasteiger partial charge >= 0.3 is 0 Å². The second-order valence-corrected chi connectivity index (χ2v) is 8.22. The van der Waals surface area contributed by atoms with Crippen molar-refractivity contribution < 1.29 is 9.59 Å².